The summed E-state index contributed by atoms with van der Waals surface area (Å²) in [4.78, 5) is 17.1. The van der Waals surface area contributed by atoms with Gasteiger partial charge in [-0.3, -0.25) is 4.57 Å². The van der Waals surface area contributed by atoms with E-state index < -0.39 is 17.5 Å². The Morgan fingerprint density at radius 3 is 2.53 bits per heavy atom. The van der Waals surface area contributed by atoms with Crippen molar-refractivity contribution in [1.29, 1.82) is 0 Å². The van der Waals surface area contributed by atoms with Crippen LogP contribution < -0.4 is 9.47 Å². The van der Waals surface area contributed by atoms with E-state index in [-0.39, 0.29) is 18.1 Å². The zero-order chi connectivity index (χ0) is 22.4. The van der Waals surface area contributed by atoms with Gasteiger partial charge in [0.2, 0.25) is 5.88 Å². The Hall–Kier alpha value is -4.15. The number of benzene rings is 1. The molecule has 0 N–H and O–H groups in total. The molecule has 0 unspecified atom stereocenters. The number of methoxy groups -OCH3 is 2. The van der Waals surface area contributed by atoms with Gasteiger partial charge in [0.15, 0.2) is 17.3 Å². The highest BCUT2D eigenvalue weighted by Crippen LogP contribution is 2.29. The second-order valence-corrected chi connectivity index (χ2v) is 6.88. The first-order valence-corrected chi connectivity index (χ1v) is 9.40. The largest absolute Gasteiger partial charge is 0.479 e. The number of halogens is 3. The summed E-state index contributed by atoms with van der Waals surface area (Å²) in [5.41, 5.74) is 2.73. The summed E-state index contributed by atoms with van der Waals surface area (Å²) in [6.07, 6.45) is 4.80. The number of nitrogens with zero attached hydrogens (tertiary/aromatic N) is 6. The molecule has 11 heteroatoms. The van der Waals surface area contributed by atoms with Crippen molar-refractivity contribution in [2.24, 2.45) is 0 Å². The summed E-state index contributed by atoms with van der Waals surface area (Å²) in [6.45, 7) is -0.146. The van der Waals surface area contributed by atoms with Crippen LogP contribution >= 0.6 is 0 Å². The molecule has 0 amide bonds. The van der Waals surface area contributed by atoms with Gasteiger partial charge in [0.05, 0.1) is 43.7 Å². The lowest BCUT2D eigenvalue weighted by Gasteiger charge is -2.11. The van der Waals surface area contributed by atoms with E-state index in [1.54, 1.807) is 29.1 Å². The zero-order valence-electron chi connectivity index (χ0n) is 16.9. The van der Waals surface area contributed by atoms with Gasteiger partial charge in [0, 0.05) is 17.8 Å². The van der Waals surface area contributed by atoms with Crippen molar-refractivity contribution in [3.8, 4) is 17.6 Å². The van der Waals surface area contributed by atoms with E-state index in [1.165, 1.54) is 25.1 Å². The zero-order valence-corrected chi connectivity index (χ0v) is 16.9. The second-order valence-electron chi connectivity index (χ2n) is 6.88. The molecule has 5 aromatic rings. The van der Waals surface area contributed by atoms with E-state index in [9.17, 15) is 13.2 Å². The molecule has 0 spiro atoms. The molecule has 162 valence electrons. The Balaban J connectivity index is 1.68. The van der Waals surface area contributed by atoms with Crippen molar-refractivity contribution in [3.63, 3.8) is 0 Å². The van der Waals surface area contributed by atoms with E-state index >= 15 is 0 Å². The summed E-state index contributed by atoms with van der Waals surface area (Å²) in [7, 11) is 2.92. The standard InChI is InChI=1S/C21H15F3N6O2/c1-31-20-18-16(26-10-27-20)3-4-29(18)12-6-17-19(25-8-12)28-21(32-2)30(17)9-11-5-14(23)15(24)7-13(11)22/h3-8,10H,9H2,1-2H3. The third-order valence-corrected chi connectivity index (χ3v) is 5.07. The second kappa shape index (κ2) is 7.52. The first kappa shape index (κ1) is 19.8. The number of ether oxygens (including phenoxy) is 2. The van der Waals surface area contributed by atoms with Gasteiger partial charge in [-0.25, -0.2) is 23.1 Å². The average molecular weight is 440 g/mol. The van der Waals surface area contributed by atoms with E-state index in [0.29, 0.717) is 39.8 Å². The summed E-state index contributed by atoms with van der Waals surface area (Å²) < 4.78 is 55.3. The maximum atomic E-state index is 14.3. The molecule has 1 aromatic carbocycles. The third-order valence-electron chi connectivity index (χ3n) is 5.07. The van der Waals surface area contributed by atoms with Crippen LogP contribution in [0.25, 0.3) is 27.9 Å². The van der Waals surface area contributed by atoms with E-state index in [2.05, 4.69) is 19.9 Å². The van der Waals surface area contributed by atoms with Crippen LogP contribution in [0.5, 0.6) is 11.9 Å². The minimum Gasteiger partial charge on any atom is -0.479 e. The van der Waals surface area contributed by atoms with Crippen molar-refractivity contribution in [2.45, 2.75) is 6.54 Å². The van der Waals surface area contributed by atoms with Crippen LogP contribution in [-0.2, 0) is 6.54 Å². The van der Waals surface area contributed by atoms with E-state index in [4.69, 9.17) is 9.47 Å². The van der Waals surface area contributed by atoms with Gasteiger partial charge in [0.1, 0.15) is 17.7 Å². The Kier molecular flexibility index (Phi) is 4.65. The van der Waals surface area contributed by atoms with Crippen molar-refractivity contribution in [2.75, 3.05) is 14.2 Å². The number of hydrogen-bond donors (Lipinski definition) is 0. The molecule has 0 aliphatic rings. The van der Waals surface area contributed by atoms with Crippen LogP contribution in [0.4, 0.5) is 13.2 Å². The molecule has 0 fully saturated rings. The highest BCUT2D eigenvalue weighted by atomic mass is 19.2. The Labute approximate surface area is 178 Å². The predicted octanol–water partition coefficient (Wildman–Crippen LogP) is 3.65. The number of rotatable bonds is 5. The first-order chi connectivity index (χ1) is 15.5. The van der Waals surface area contributed by atoms with Crippen LogP contribution in [0, 0.1) is 17.5 Å². The molecule has 4 aromatic heterocycles. The monoisotopic (exact) mass is 440 g/mol. The molecular formula is C21H15F3N6O2. The SMILES string of the molecule is COc1ncnc2ccn(-c3cnc4nc(OC)n(Cc5cc(F)c(F)cc5F)c4c3)c12. The summed E-state index contributed by atoms with van der Waals surface area (Å²) in [5.74, 6) is -2.90. The van der Waals surface area contributed by atoms with E-state index in [1.807, 2.05) is 0 Å². The minimum atomic E-state index is -1.26. The summed E-state index contributed by atoms with van der Waals surface area (Å²) >= 11 is 0. The van der Waals surface area contributed by atoms with Crippen LogP contribution in [0.1, 0.15) is 5.56 Å². The van der Waals surface area contributed by atoms with Gasteiger partial charge in [-0.2, -0.15) is 9.97 Å². The van der Waals surface area contributed by atoms with Gasteiger partial charge in [-0.1, -0.05) is 0 Å². The molecule has 5 rings (SSSR count). The van der Waals surface area contributed by atoms with E-state index in [0.717, 1.165) is 6.07 Å². The van der Waals surface area contributed by atoms with Crippen molar-refractivity contribution >= 4 is 22.2 Å². The van der Waals surface area contributed by atoms with Gasteiger partial charge in [0.25, 0.3) is 6.01 Å². The average Bonchev–Trinajstić information content (AvgIpc) is 3.38. The molecule has 0 bridgehead atoms. The summed E-state index contributed by atoms with van der Waals surface area (Å²) in [5, 5.41) is 0. The molecule has 0 saturated heterocycles. The fourth-order valence-electron chi connectivity index (χ4n) is 3.58. The van der Waals surface area contributed by atoms with Gasteiger partial charge >= 0.3 is 0 Å². The maximum absolute atomic E-state index is 14.3. The highest BCUT2D eigenvalue weighted by molar-refractivity contribution is 5.83. The predicted molar refractivity (Wildman–Crippen MR) is 108 cm³/mol. The number of pyridine rings is 1. The smallest absolute Gasteiger partial charge is 0.298 e. The van der Waals surface area contributed by atoms with Crippen LogP contribution in [0.2, 0.25) is 0 Å². The number of aromatic nitrogens is 6. The molecule has 32 heavy (non-hydrogen) atoms. The molecule has 0 saturated carbocycles. The van der Waals surface area contributed by atoms with Crippen LogP contribution in [-0.4, -0.2) is 43.3 Å². The molecule has 0 aliphatic heterocycles. The Bertz CT molecular complexity index is 1480. The van der Waals surface area contributed by atoms with Gasteiger partial charge in [-0.05, 0) is 18.2 Å². The normalized spacial score (nSPS) is 11.4. The number of imidazole rings is 1. The Morgan fingerprint density at radius 2 is 1.75 bits per heavy atom. The molecule has 8 nitrogen and oxygen atoms in total. The highest BCUT2D eigenvalue weighted by Gasteiger charge is 2.18. The maximum Gasteiger partial charge on any atom is 0.298 e. The van der Waals surface area contributed by atoms with Crippen molar-refractivity contribution in [3.05, 3.63) is 66.0 Å². The number of hydrogen-bond acceptors (Lipinski definition) is 6. The first-order valence-electron chi connectivity index (χ1n) is 9.40. The molecule has 0 atom stereocenters. The van der Waals surface area contributed by atoms with Crippen molar-refractivity contribution < 1.29 is 22.6 Å². The molecule has 0 radical (unpaired) electrons. The van der Waals surface area contributed by atoms with Crippen LogP contribution in [0.3, 0.4) is 0 Å². The lowest BCUT2D eigenvalue weighted by Crippen LogP contribution is -2.06. The van der Waals surface area contributed by atoms with Crippen molar-refractivity contribution in [1.82, 2.24) is 29.1 Å². The minimum absolute atomic E-state index is 0.0617. The fourth-order valence-corrected chi connectivity index (χ4v) is 3.58. The lowest BCUT2D eigenvalue weighted by atomic mass is 10.2. The fraction of sp³-hybridized carbons (Fsp3) is 0.143. The summed E-state index contributed by atoms with van der Waals surface area (Å²) in [6, 6.07) is 5.04. The van der Waals surface area contributed by atoms with Gasteiger partial charge in [-0.15, -0.1) is 0 Å². The Morgan fingerprint density at radius 1 is 0.938 bits per heavy atom. The molecular weight excluding hydrogens is 425 g/mol. The molecule has 0 aliphatic carbocycles. The number of fused-ring (bicyclic) bond motifs is 2. The van der Waals surface area contributed by atoms with Crippen LogP contribution in [0.15, 0.2) is 43.0 Å². The molecule has 4 heterocycles. The lowest BCUT2D eigenvalue weighted by molar-refractivity contribution is 0.363. The topological polar surface area (TPSA) is 79.9 Å². The quantitative estimate of drug-likeness (QED) is 0.388. The van der Waals surface area contributed by atoms with Gasteiger partial charge < -0.3 is 14.0 Å². The third kappa shape index (κ3) is 3.09.